The van der Waals surface area contributed by atoms with Gasteiger partial charge in [-0.25, -0.2) is 0 Å². The molecule has 0 bridgehead atoms. The van der Waals surface area contributed by atoms with Crippen LogP contribution in [0.3, 0.4) is 0 Å². The van der Waals surface area contributed by atoms with Crippen LogP contribution in [-0.2, 0) is 12.8 Å². The molecule has 2 nitrogen and oxygen atoms in total. The van der Waals surface area contributed by atoms with Gasteiger partial charge in [0.1, 0.15) is 0 Å². The average molecular weight is 329 g/mol. The monoisotopic (exact) mass is 329 g/mol. The second-order valence-corrected chi connectivity index (χ2v) is 6.32. The van der Waals surface area contributed by atoms with Gasteiger partial charge < -0.3 is 5.48 Å². The summed E-state index contributed by atoms with van der Waals surface area (Å²) in [6, 6.07) is 23.7. The molecule has 1 heterocycles. The van der Waals surface area contributed by atoms with E-state index in [4.69, 9.17) is 0 Å². The van der Waals surface area contributed by atoms with E-state index < -0.39 is 0 Å². The van der Waals surface area contributed by atoms with Gasteiger partial charge in [0.2, 0.25) is 0 Å². The first-order chi connectivity index (χ1) is 11.9. The van der Waals surface area contributed by atoms with Crippen molar-refractivity contribution in [2.75, 3.05) is 0 Å². The van der Waals surface area contributed by atoms with Crippen LogP contribution in [0, 0.1) is 0 Å². The highest BCUT2D eigenvalue weighted by Crippen LogP contribution is 2.33. The lowest BCUT2D eigenvalue weighted by Crippen LogP contribution is -2.02. The molecule has 1 aromatic heterocycles. The maximum atomic E-state index is 3.78. The molecule has 0 atom stereocenters. The molecule has 25 heavy (non-hydrogen) atoms. The molecule has 0 unspecified atom stereocenters. The largest absolute Gasteiger partial charge is 0.412 e. The fraction of sp³-hybridized carbons (Fsp3) is 0.174. The summed E-state index contributed by atoms with van der Waals surface area (Å²) in [7, 11) is 0. The molecule has 1 aliphatic rings. The minimum absolute atomic E-state index is 0. The van der Waals surface area contributed by atoms with Crippen molar-refractivity contribution in [2.45, 2.75) is 25.7 Å². The molecule has 2 heteroatoms. The summed E-state index contributed by atoms with van der Waals surface area (Å²) in [5.74, 6) is 0. The van der Waals surface area contributed by atoms with E-state index >= 15 is 0 Å². The topological polar surface area (TPSA) is 44.4 Å². The molecule has 4 aromatic rings. The molecule has 0 radical (unpaired) electrons. The number of nitrogens with zero attached hydrogens (tertiary/aromatic N) is 1. The van der Waals surface area contributed by atoms with Crippen LogP contribution in [0.25, 0.3) is 21.5 Å². The van der Waals surface area contributed by atoms with Gasteiger partial charge in [-0.2, -0.15) is 0 Å². The normalized spacial score (nSPS) is 12.6. The molecular weight excluding hydrogens is 306 g/mol. The van der Waals surface area contributed by atoms with Crippen LogP contribution in [0.15, 0.2) is 79.1 Å². The maximum absolute atomic E-state index is 3.78. The third-order valence-corrected chi connectivity index (χ3v) is 4.82. The summed E-state index contributed by atoms with van der Waals surface area (Å²) < 4.78 is 0. The second-order valence-electron chi connectivity index (χ2n) is 6.32. The Hall–Kier alpha value is -2.71. The van der Waals surface area contributed by atoms with Gasteiger partial charge in [-0.1, -0.05) is 54.6 Å². The average Bonchev–Trinajstić information content (AvgIpc) is 2.69. The fourth-order valence-electron chi connectivity index (χ4n) is 3.66. The number of pyridine rings is 1. The van der Waals surface area contributed by atoms with Crippen molar-refractivity contribution in [3.63, 3.8) is 0 Å². The molecule has 126 valence electrons. The van der Waals surface area contributed by atoms with Crippen LogP contribution in [0.5, 0.6) is 0 Å². The number of benzene rings is 3. The number of fused-ring (bicyclic) bond motifs is 5. The Balaban J connectivity index is 0.000000224. The van der Waals surface area contributed by atoms with Gasteiger partial charge in [-0.3, -0.25) is 4.98 Å². The second kappa shape index (κ2) is 7.91. The molecule has 0 spiro atoms. The molecule has 0 fully saturated rings. The van der Waals surface area contributed by atoms with Gasteiger partial charge in [0, 0.05) is 12.4 Å². The van der Waals surface area contributed by atoms with Gasteiger partial charge in [-0.05, 0) is 70.5 Å². The molecule has 2 N–H and O–H groups in total. The van der Waals surface area contributed by atoms with Crippen LogP contribution in [0.4, 0.5) is 0 Å². The van der Waals surface area contributed by atoms with Crippen molar-refractivity contribution in [2.24, 2.45) is 0 Å². The Bertz CT molecular complexity index is 937. The Kier molecular flexibility index (Phi) is 5.42. The molecule has 5 rings (SSSR count). The van der Waals surface area contributed by atoms with Crippen LogP contribution < -0.4 is 0 Å². The maximum Gasteiger partial charge on any atom is 0.0267 e. The molecule has 0 saturated carbocycles. The summed E-state index contributed by atoms with van der Waals surface area (Å²) in [6.45, 7) is 0. The highest BCUT2D eigenvalue weighted by atomic mass is 16.0. The van der Waals surface area contributed by atoms with E-state index in [1.54, 1.807) is 23.5 Å². The first-order valence-electron chi connectivity index (χ1n) is 8.71. The van der Waals surface area contributed by atoms with Crippen LogP contribution >= 0.6 is 0 Å². The highest BCUT2D eigenvalue weighted by molar-refractivity contribution is 6.08. The van der Waals surface area contributed by atoms with Gasteiger partial charge in [-0.15, -0.1) is 0 Å². The SMILES string of the molecule is O.c1ccc2c(c1)ccc1c3c(ccc12)CCCC3.c1ccncc1. The molecule has 1 aliphatic carbocycles. The molecule has 0 saturated heterocycles. The molecule has 0 amide bonds. The van der Waals surface area contributed by atoms with Crippen LogP contribution in [0.1, 0.15) is 24.0 Å². The minimum Gasteiger partial charge on any atom is -0.412 e. The van der Waals surface area contributed by atoms with Crippen LogP contribution in [-0.4, -0.2) is 10.5 Å². The number of aromatic nitrogens is 1. The van der Waals surface area contributed by atoms with E-state index in [1.165, 1.54) is 47.2 Å². The van der Waals surface area contributed by atoms with Crippen molar-refractivity contribution in [1.29, 1.82) is 0 Å². The third kappa shape index (κ3) is 3.54. The predicted molar refractivity (Wildman–Crippen MR) is 106 cm³/mol. The van der Waals surface area contributed by atoms with E-state index in [-0.39, 0.29) is 5.48 Å². The highest BCUT2D eigenvalue weighted by Gasteiger charge is 2.13. The zero-order valence-corrected chi connectivity index (χ0v) is 14.3. The van der Waals surface area contributed by atoms with Crippen molar-refractivity contribution in [3.8, 4) is 0 Å². The first-order valence-corrected chi connectivity index (χ1v) is 8.71. The van der Waals surface area contributed by atoms with Gasteiger partial charge in [0.05, 0.1) is 0 Å². The van der Waals surface area contributed by atoms with Crippen molar-refractivity contribution in [1.82, 2.24) is 4.98 Å². The summed E-state index contributed by atoms with van der Waals surface area (Å²) in [4.78, 5) is 3.78. The lowest BCUT2D eigenvalue weighted by molar-refractivity contribution is 0.690. The first kappa shape index (κ1) is 17.1. The zero-order valence-electron chi connectivity index (χ0n) is 14.3. The molecule has 3 aromatic carbocycles. The van der Waals surface area contributed by atoms with Gasteiger partial charge in [0.25, 0.3) is 0 Å². The van der Waals surface area contributed by atoms with E-state index in [0.717, 1.165) is 0 Å². The Morgan fingerprint density at radius 1 is 0.600 bits per heavy atom. The fourth-order valence-corrected chi connectivity index (χ4v) is 3.66. The number of aryl methyl sites for hydroxylation is 2. The van der Waals surface area contributed by atoms with Crippen molar-refractivity contribution in [3.05, 3.63) is 90.3 Å². The predicted octanol–water partition coefficient (Wildman–Crippen LogP) is 5.13. The third-order valence-electron chi connectivity index (χ3n) is 4.82. The molecule has 0 aliphatic heterocycles. The van der Waals surface area contributed by atoms with E-state index in [0.29, 0.717) is 0 Å². The Morgan fingerprint density at radius 3 is 2.12 bits per heavy atom. The summed E-state index contributed by atoms with van der Waals surface area (Å²) in [6.07, 6.45) is 8.72. The zero-order chi connectivity index (χ0) is 16.2. The lowest BCUT2D eigenvalue weighted by Gasteiger charge is -2.18. The summed E-state index contributed by atoms with van der Waals surface area (Å²) >= 11 is 0. The number of hydrogen-bond donors (Lipinski definition) is 0. The van der Waals surface area contributed by atoms with Crippen molar-refractivity contribution >= 4 is 21.5 Å². The summed E-state index contributed by atoms with van der Waals surface area (Å²) in [5, 5.41) is 5.64. The quantitative estimate of drug-likeness (QED) is 0.412. The smallest absolute Gasteiger partial charge is 0.0267 e. The van der Waals surface area contributed by atoms with E-state index in [1.807, 2.05) is 18.2 Å². The summed E-state index contributed by atoms with van der Waals surface area (Å²) in [5.41, 5.74) is 3.17. The standard InChI is InChI=1S/C18H16.C5H5N.H2O/c1-3-7-15-13(5-1)9-11-18-16-8-4-2-6-14(16)10-12-17(15)18;1-2-4-6-5-3-1;/h1,3,5,7,9-12H,2,4,6,8H2;1-5H;1H2. The minimum atomic E-state index is 0. The Labute approximate surface area is 148 Å². The number of hydrogen-bond acceptors (Lipinski definition) is 1. The van der Waals surface area contributed by atoms with E-state index in [9.17, 15) is 0 Å². The van der Waals surface area contributed by atoms with Gasteiger partial charge in [0.15, 0.2) is 0 Å². The van der Waals surface area contributed by atoms with Crippen LogP contribution in [0.2, 0.25) is 0 Å². The lowest BCUT2D eigenvalue weighted by atomic mass is 9.86. The van der Waals surface area contributed by atoms with Gasteiger partial charge >= 0.3 is 0 Å². The van der Waals surface area contributed by atoms with Crippen molar-refractivity contribution < 1.29 is 5.48 Å². The number of rotatable bonds is 0. The Morgan fingerprint density at radius 2 is 1.36 bits per heavy atom. The molecular formula is C23H23NO. The van der Waals surface area contributed by atoms with E-state index in [2.05, 4.69) is 53.5 Å².